The second-order valence-corrected chi connectivity index (χ2v) is 5.84. The lowest BCUT2D eigenvalue weighted by molar-refractivity contribution is -0.383. The Bertz CT molecular complexity index is 839. The van der Waals surface area contributed by atoms with Crippen LogP contribution >= 0.6 is 23.4 Å². The van der Waals surface area contributed by atoms with Gasteiger partial charge in [-0.3, -0.25) is 10.1 Å². The van der Waals surface area contributed by atoms with Gasteiger partial charge in [0, 0.05) is 16.0 Å². The fraction of sp³-hybridized carbons (Fsp3) is 0. The number of nitro groups is 1. The Balaban J connectivity index is 2.09. The minimum Gasteiger partial charge on any atom is -0.258 e. The maximum Gasteiger partial charge on any atom is 0.281 e. The molecule has 0 aliphatic carbocycles. The first-order valence-corrected chi connectivity index (χ1v) is 7.30. The Kier molecular flexibility index (Phi) is 3.77. The largest absolute Gasteiger partial charge is 0.281 e. The molecule has 1 heterocycles. The third-order valence-corrected chi connectivity index (χ3v) is 4.03. The molecule has 3 aromatic rings. The van der Waals surface area contributed by atoms with Gasteiger partial charge in [0.15, 0.2) is 0 Å². The molecule has 21 heavy (non-hydrogen) atoms. The van der Waals surface area contributed by atoms with Crippen LogP contribution < -0.4 is 0 Å². The molecule has 3 rings (SSSR count). The molecule has 104 valence electrons. The van der Waals surface area contributed by atoms with Crippen molar-refractivity contribution in [1.29, 1.82) is 0 Å². The number of para-hydroxylation sites is 1. The molecule has 1 aromatic heterocycles. The number of halogens is 1. The summed E-state index contributed by atoms with van der Waals surface area (Å²) >= 11 is 7.29. The monoisotopic (exact) mass is 316 g/mol. The van der Waals surface area contributed by atoms with Gasteiger partial charge in [0.25, 0.3) is 5.69 Å². The van der Waals surface area contributed by atoms with E-state index in [9.17, 15) is 10.1 Å². The fourth-order valence-corrected chi connectivity index (χ4v) is 3.13. The zero-order valence-corrected chi connectivity index (χ0v) is 12.3. The number of hydrogen-bond donors (Lipinski definition) is 0. The number of pyridine rings is 1. The van der Waals surface area contributed by atoms with Crippen LogP contribution in [0, 0.1) is 10.1 Å². The van der Waals surface area contributed by atoms with E-state index in [2.05, 4.69) is 4.98 Å². The quantitative estimate of drug-likeness (QED) is 0.507. The lowest BCUT2D eigenvalue weighted by atomic mass is 10.2. The molecule has 0 radical (unpaired) electrons. The van der Waals surface area contributed by atoms with Gasteiger partial charge in [-0.25, -0.2) is 4.98 Å². The molecule has 0 amide bonds. The Labute approximate surface area is 129 Å². The van der Waals surface area contributed by atoms with Crippen molar-refractivity contribution in [3.63, 3.8) is 0 Å². The molecule has 0 atom stereocenters. The first-order chi connectivity index (χ1) is 10.1. The van der Waals surface area contributed by atoms with E-state index in [-0.39, 0.29) is 10.6 Å². The van der Waals surface area contributed by atoms with Crippen molar-refractivity contribution in [1.82, 2.24) is 4.98 Å². The van der Waals surface area contributed by atoms with Gasteiger partial charge in [-0.2, -0.15) is 0 Å². The summed E-state index contributed by atoms with van der Waals surface area (Å²) in [5.41, 5.74) is 0.668. The number of hydrogen-bond acceptors (Lipinski definition) is 4. The summed E-state index contributed by atoms with van der Waals surface area (Å²) in [6.45, 7) is 0. The topological polar surface area (TPSA) is 56.0 Å². The van der Waals surface area contributed by atoms with Crippen molar-refractivity contribution in [3.05, 3.63) is 69.7 Å². The van der Waals surface area contributed by atoms with E-state index < -0.39 is 0 Å². The maximum absolute atomic E-state index is 11.2. The Morgan fingerprint density at radius 3 is 2.67 bits per heavy atom. The Morgan fingerprint density at radius 1 is 1.10 bits per heavy atom. The smallest absolute Gasteiger partial charge is 0.258 e. The molecule has 0 unspecified atom stereocenters. The lowest BCUT2D eigenvalue weighted by Gasteiger charge is -2.04. The number of nitrogens with zero attached hydrogens (tertiary/aromatic N) is 2. The lowest BCUT2D eigenvalue weighted by Crippen LogP contribution is -1.93. The minimum atomic E-state index is -0.383. The molecule has 4 nitrogen and oxygen atoms in total. The highest BCUT2D eigenvalue weighted by atomic mass is 35.5. The first kappa shape index (κ1) is 13.9. The standard InChI is InChI=1S/C15H9ClN2O2S/c16-10-4-3-5-11(8-10)21-15-9-14(18(19)20)12-6-1-2-7-13(12)17-15/h1-9H. The SMILES string of the molecule is O=[N+]([O-])c1cc(Sc2cccc(Cl)c2)nc2ccccc12. The van der Waals surface area contributed by atoms with E-state index in [1.54, 1.807) is 30.3 Å². The molecule has 0 saturated heterocycles. The zero-order chi connectivity index (χ0) is 14.8. The highest BCUT2D eigenvalue weighted by Gasteiger charge is 2.15. The Hall–Kier alpha value is -2.11. The van der Waals surface area contributed by atoms with Crippen molar-refractivity contribution in [3.8, 4) is 0 Å². The average molecular weight is 317 g/mol. The van der Waals surface area contributed by atoms with Gasteiger partial charge in [-0.1, -0.05) is 41.6 Å². The summed E-state index contributed by atoms with van der Waals surface area (Å²) in [5, 5.41) is 13.0. The van der Waals surface area contributed by atoms with Gasteiger partial charge in [0.05, 0.1) is 15.8 Å². The molecular formula is C15H9ClN2O2S. The van der Waals surface area contributed by atoms with Crippen LogP contribution in [0.2, 0.25) is 5.02 Å². The van der Waals surface area contributed by atoms with Crippen molar-refractivity contribution in [2.24, 2.45) is 0 Å². The molecule has 6 heteroatoms. The number of benzene rings is 2. The van der Waals surface area contributed by atoms with E-state index in [4.69, 9.17) is 11.6 Å². The number of aromatic nitrogens is 1. The van der Waals surface area contributed by atoms with Gasteiger partial charge in [0.1, 0.15) is 5.03 Å². The van der Waals surface area contributed by atoms with Crippen LogP contribution in [0.25, 0.3) is 10.9 Å². The van der Waals surface area contributed by atoms with Crippen LogP contribution in [0.3, 0.4) is 0 Å². The normalized spacial score (nSPS) is 10.7. The van der Waals surface area contributed by atoms with Gasteiger partial charge < -0.3 is 0 Å². The van der Waals surface area contributed by atoms with Crippen LogP contribution in [0.4, 0.5) is 5.69 Å². The van der Waals surface area contributed by atoms with Crippen molar-refractivity contribution in [2.75, 3.05) is 0 Å². The van der Waals surface area contributed by atoms with Crippen LogP contribution in [0.1, 0.15) is 0 Å². The highest BCUT2D eigenvalue weighted by molar-refractivity contribution is 7.99. The molecule has 0 saturated carbocycles. The summed E-state index contributed by atoms with van der Waals surface area (Å²) < 4.78 is 0. The summed E-state index contributed by atoms with van der Waals surface area (Å²) in [6.07, 6.45) is 0. The fourth-order valence-electron chi connectivity index (χ4n) is 1.99. The summed E-state index contributed by atoms with van der Waals surface area (Å²) in [4.78, 5) is 16.2. The van der Waals surface area contributed by atoms with Gasteiger partial charge in [0.2, 0.25) is 0 Å². The van der Waals surface area contributed by atoms with Crippen LogP contribution in [0.5, 0.6) is 0 Å². The molecule has 2 aromatic carbocycles. The van der Waals surface area contributed by atoms with Gasteiger partial charge in [-0.15, -0.1) is 0 Å². The van der Waals surface area contributed by atoms with Crippen LogP contribution in [-0.4, -0.2) is 9.91 Å². The van der Waals surface area contributed by atoms with E-state index in [1.165, 1.54) is 17.8 Å². The van der Waals surface area contributed by atoms with Crippen LogP contribution in [-0.2, 0) is 0 Å². The van der Waals surface area contributed by atoms with Gasteiger partial charge in [-0.05, 0) is 30.3 Å². The second-order valence-electron chi connectivity index (χ2n) is 4.31. The van der Waals surface area contributed by atoms with Crippen molar-refractivity contribution in [2.45, 2.75) is 9.92 Å². The van der Waals surface area contributed by atoms with E-state index in [0.717, 1.165) is 4.90 Å². The Morgan fingerprint density at radius 2 is 1.90 bits per heavy atom. The predicted octanol–water partition coefficient (Wildman–Crippen LogP) is 4.95. The third-order valence-electron chi connectivity index (χ3n) is 2.89. The molecule has 0 bridgehead atoms. The summed E-state index contributed by atoms with van der Waals surface area (Å²) in [6, 6.07) is 15.8. The van der Waals surface area contributed by atoms with Gasteiger partial charge >= 0.3 is 0 Å². The zero-order valence-electron chi connectivity index (χ0n) is 10.7. The molecular weight excluding hydrogens is 308 g/mol. The van der Waals surface area contributed by atoms with Crippen molar-refractivity contribution < 1.29 is 4.92 Å². The summed E-state index contributed by atoms with van der Waals surface area (Å²) in [5.74, 6) is 0. The maximum atomic E-state index is 11.2. The number of fused-ring (bicyclic) bond motifs is 1. The van der Waals surface area contributed by atoms with E-state index in [0.29, 0.717) is 21.0 Å². The second kappa shape index (κ2) is 5.71. The molecule has 0 aliphatic rings. The molecule has 0 N–H and O–H groups in total. The number of rotatable bonds is 3. The summed E-state index contributed by atoms with van der Waals surface area (Å²) in [7, 11) is 0. The highest BCUT2D eigenvalue weighted by Crippen LogP contribution is 2.33. The predicted molar refractivity (Wildman–Crippen MR) is 84.0 cm³/mol. The minimum absolute atomic E-state index is 0.0603. The van der Waals surface area contributed by atoms with E-state index >= 15 is 0 Å². The molecule has 0 aliphatic heterocycles. The van der Waals surface area contributed by atoms with Crippen molar-refractivity contribution >= 4 is 40.0 Å². The van der Waals surface area contributed by atoms with Crippen LogP contribution in [0.15, 0.2) is 64.5 Å². The average Bonchev–Trinajstić information content (AvgIpc) is 2.46. The molecule has 0 fully saturated rings. The first-order valence-electron chi connectivity index (χ1n) is 6.11. The third kappa shape index (κ3) is 2.99. The van der Waals surface area contributed by atoms with E-state index in [1.807, 2.05) is 18.2 Å². The molecule has 0 spiro atoms.